The summed E-state index contributed by atoms with van der Waals surface area (Å²) in [7, 11) is 0. The summed E-state index contributed by atoms with van der Waals surface area (Å²) >= 11 is 0. The smallest absolute Gasteiger partial charge is 0.251 e. The number of hydrogen-bond donors (Lipinski definition) is 3. The summed E-state index contributed by atoms with van der Waals surface area (Å²) < 4.78 is 0. The van der Waals surface area contributed by atoms with Gasteiger partial charge in [-0.1, -0.05) is 48.0 Å². The van der Waals surface area contributed by atoms with Crippen molar-refractivity contribution in [3.05, 3.63) is 95.1 Å². The van der Waals surface area contributed by atoms with Gasteiger partial charge in [0.15, 0.2) is 0 Å². The molecular weight excluding hydrogens is 362 g/mol. The SMILES string of the molecule is Cc1ccc(NC(=O)CNc2ccc(C(=O)NCc3ccccc3)cc2)c(C)c1. The highest BCUT2D eigenvalue weighted by atomic mass is 16.2. The Labute approximate surface area is 171 Å². The Morgan fingerprint density at radius 2 is 1.59 bits per heavy atom. The lowest BCUT2D eigenvalue weighted by molar-refractivity contribution is -0.114. The van der Waals surface area contributed by atoms with Crippen molar-refractivity contribution in [2.45, 2.75) is 20.4 Å². The predicted molar refractivity (Wildman–Crippen MR) is 117 cm³/mol. The zero-order valence-corrected chi connectivity index (χ0v) is 16.7. The lowest BCUT2D eigenvalue weighted by Gasteiger charge is -2.11. The van der Waals surface area contributed by atoms with E-state index in [4.69, 9.17) is 0 Å². The van der Waals surface area contributed by atoms with Gasteiger partial charge in [0.1, 0.15) is 0 Å². The molecule has 0 spiro atoms. The van der Waals surface area contributed by atoms with Crippen LogP contribution in [-0.2, 0) is 11.3 Å². The molecule has 0 saturated heterocycles. The van der Waals surface area contributed by atoms with Crippen molar-refractivity contribution >= 4 is 23.2 Å². The van der Waals surface area contributed by atoms with Crippen LogP contribution in [0.5, 0.6) is 0 Å². The van der Waals surface area contributed by atoms with Crippen molar-refractivity contribution in [3.8, 4) is 0 Å². The number of amides is 2. The maximum Gasteiger partial charge on any atom is 0.251 e. The normalized spacial score (nSPS) is 10.3. The molecule has 0 heterocycles. The third kappa shape index (κ3) is 5.94. The van der Waals surface area contributed by atoms with E-state index in [0.717, 1.165) is 28.1 Å². The number of aryl methyl sites for hydroxylation is 2. The highest BCUT2D eigenvalue weighted by Gasteiger charge is 2.07. The van der Waals surface area contributed by atoms with Crippen LogP contribution in [0.2, 0.25) is 0 Å². The van der Waals surface area contributed by atoms with Crippen LogP contribution < -0.4 is 16.0 Å². The third-order valence-electron chi connectivity index (χ3n) is 4.55. The summed E-state index contributed by atoms with van der Waals surface area (Å²) in [5.41, 5.74) is 5.41. The Morgan fingerprint density at radius 3 is 2.28 bits per heavy atom. The molecule has 148 valence electrons. The standard InChI is InChI=1S/C24H25N3O2/c1-17-8-13-22(18(2)14-17)27-23(28)16-25-21-11-9-20(10-12-21)24(29)26-15-19-6-4-3-5-7-19/h3-14,25H,15-16H2,1-2H3,(H,26,29)(H,27,28). The van der Waals surface area contributed by atoms with Crippen LogP contribution in [0.3, 0.4) is 0 Å². The maximum absolute atomic E-state index is 12.3. The van der Waals surface area contributed by atoms with Crippen LogP contribution in [0.1, 0.15) is 27.0 Å². The first-order valence-corrected chi connectivity index (χ1v) is 9.54. The minimum atomic E-state index is -0.131. The first-order chi connectivity index (χ1) is 14.0. The molecule has 0 aromatic heterocycles. The summed E-state index contributed by atoms with van der Waals surface area (Å²) in [6.45, 7) is 4.62. The van der Waals surface area contributed by atoms with Gasteiger partial charge < -0.3 is 16.0 Å². The number of rotatable bonds is 7. The van der Waals surface area contributed by atoms with Crippen molar-refractivity contribution in [2.75, 3.05) is 17.2 Å². The maximum atomic E-state index is 12.3. The van der Waals surface area contributed by atoms with Gasteiger partial charge >= 0.3 is 0 Å². The van der Waals surface area contributed by atoms with Gasteiger partial charge in [-0.05, 0) is 55.3 Å². The van der Waals surface area contributed by atoms with E-state index >= 15 is 0 Å². The van der Waals surface area contributed by atoms with Crippen LogP contribution in [0.15, 0.2) is 72.8 Å². The second kappa shape index (κ2) is 9.55. The molecule has 3 aromatic carbocycles. The Bertz CT molecular complexity index is 983. The molecule has 3 N–H and O–H groups in total. The van der Waals surface area contributed by atoms with E-state index in [0.29, 0.717) is 12.1 Å². The van der Waals surface area contributed by atoms with Gasteiger partial charge in [-0.15, -0.1) is 0 Å². The monoisotopic (exact) mass is 387 g/mol. The zero-order chi connectivity index (χ0) is 20.6. The predicted octanol–water partition coefficient (Wildman–Crippen LogP) is 4.28. The van der Waals surface area contributed by atoms with Gasteiger partial charge in [0.25, 0.3) is 5.91 Å². The minimum Gasteiger partial charge on any atom is -0.376 e. The third-order valence-corrected chi connectivity index (χ3v) is 4.55. The Balaban J connectivity index is 1.48. The first-order valence-electron chi connectivity index (χ1n) is 9.54. The molecule has 0 saturated carbocycles. The molecule has 0 aliphatic rings. The quantitative estimate of drug-likeness (QED) is 0.567. The van der Waals surface area contributed by atoms with Gasteiger partial charge in [-0.25, -0.2) is 0 Å². The lowest BCUT2D eigenvalue weighted by Crippen LogP contribution is -2.23. The van der Waals surface area contributed by atoms with E-state index < -0.39 is 0 Å². The molecule has 0 radical (unpaired) electrons. The van der Waals surface area contributed by atoms with Gasteiger partial charge in [-0.3, -0.25) is 9.59 Å². The van der Waals surface area contributed by atoms with Crippen LogP contribution in [0.25, 0.3) is 0 Å². The average molecular weight is 387 g/mol. The van der Waals surface area contributed by atoms with Crippen molar-refractivity contribution in [2.24, 2.45) is 0 Å². The Kier molecular flexibility index (Phi) is 6.63. The topological polar surface area (TPSA) is 70.2 Å². The van der Waals surface area contributed by atoms with Crippen LogP contribution in [0.4, 0.5) is 11.4 Å². The Hall–Kier alpha value is -3.60. The molecule has 3 aromatic rings. The molecule has 2 amide bonds. The molecule has 5 heteroatoms. The number of anilines is 2. The fourth-order valence-electron chi connectivity index (χ4n) is 2.95. The molecule has 0 aliphatic carbocycles. The van der Waals surface area contributed by atoms with Crippen molar-refractivity contribution in [1.29, 1.82) is 0 Å². The van der Waals surface area contributed by atoms with E-state index in [1.54, 1.807) is 24.3 Å². The number of carbonyl (C=O) groups is 2. The first kappa shape index (κ1) is 20.1. The number of nitrogens with one attached hydrogen (secondary N) is 3. The minimum absolute atomic E-state index is 0.123. The van der Waals surface area contributed by atoms with E-state index in [1.807, 2.05) is 62.4 Å². The van der Waals surface area contributed by atoms with Crippen LogP contribution in [0, 0.1) is 13.8 Å². The summed E-state index contributed by atoms with van der Waals surface area (Å²) in [6.07, 6.45) is 0. The van der Waals surface area contributed by atoms with Crippen molar-refractivity contribution < 1.29 is 9.59 Å². The summed E-state index contributed by atoms with van der Waals surface area (Å²) in [6, 6.07) is 22.7. The van der Waals surface area contributed by atoms with E-state index in [9.17, 15) is 9.59 Å². The Morgan fingerprint density at radius 1 is 0.862 bits per heavy atom. The van der Waals surface area contributed by atoms with E-state index in [2.05, 4.69) is 16.0 Å². The number of benzene rings is 3. The van der Waals surface area contributed by atoms with E-state index in [1.165, 1.54) is 0 Å². The van der Waals surface area contributed by atoms with E-state index in [-0.39, 0.29) is 18.4 Å². The molecule has 29 heavy (non-hydrogen) atoms. The summed E-state index contributed by atoms with van der Waals surface area (Å²) in [5.74, 6) is -0.255. The summed E-state index contributed by atoms with van der Waals surface area (Å²) in [4.78, 5) is 24.4. The molecule has 0 aliphatic heterocycles. The van der Waals surface area contributed by atoms with Gasteiger partial charge in [-0.2, -0.15) is 0 Å². The van der Waals surface area contributed by atoms with Gasteiger partial charge in [0.2, 0.25) is 5.91 Å². The highest BCUT2D eigenvalue weighted by Crippen LogP contribution is 2.16. The fourth-order valence-corrected chi connectivity index (χ4v) is 2.95. The van der Waals surface area contributed by atoms with Crippen molar-refractivity contribution in [1.82, 2.24) is 5.32 Å². The average Bonchev–Trinajstić information content (AvgIpc) is 2.73. The number of hydrogen-bond acceptors (Lipinski definition) is 3. The second-order valence-corrected chi connectivity index (χ2v) is 6.97. The van der Waals surface area contributed by atoms with Crippen LogP contribution >= 0.6 is 0 Å². The molecule has 5 nitrogen and oxygen atoms in total. The molecular formula is C24H25N3O2. The molecule has 3 rings (SSSR count). The molecule has 0 unspecified atom stereocenters. The number of carbonyl (C=O) groups excluding carboxylic acids is 2. The highest BCUT2D eigenvalue weighted by molar-refractivity contribution is 5.95. The van der Waals surface area contributed by atoms with Gasteiger partial charge in [0, 0.05) is 23.5 Å². The largest absolute Gasteiger partial charge is 0.376 e. The second-order valence-electron chi connectivity index (χ2n) is 6.97. The molecule has 0 atom stereocenters. The zero-order valence-electron chi connectivity index (χ0n) is 16.7. The molecule has 0 bridgehead atoms. The molecule has 0 fully saturated rings. The van der Waals surface area contributed by atoms with Crippen LogP contribution in [-0.4, -0.2) is 18.4 Å². The summed E-state index contributed by atoms with van der Waals surface area (Å²) in [5, 5.41) is 8.88. The van der Waals surface area contributed by atoms with Crippen molar-refractivity contribution in [3.63, 3.8) is 0 Å². The fraction of sp³-hybridized carbons (Fsp3) is 0.167. The van der Waals surface area contributed by atoms with Gasteiger partial charge in [0.05, 0.1) is 6.54 Å². The lowest BCUT2D eigenvalue weighted by atomic mass is 10.1.